The molecule has 1 aliphatic carbocycles. The van der Waals surface area contributed by atoms with Gasteiger partial charge >= 0.3 is 0 Å². The van der Waals surface area contributed by atoms with E-state index in [4.69, 9.17) is 0 Å². The Kier molecular flexibility index (Phi) is 6.04. The van der Waals surface area contributed by atoms with Gasteiger partial charge in [-0.05, 0) is 49.4 Å². The van der Waals surface area contributed by atoms with Crippen molar-refractivity contribution in [1.82, 2.24) is 10.2 Å². The molecule has 0 aromatic carbocycles. The third-order valence-corrected chi connectivity index (χ3v) is 5.99. The number of rotatable bonds is 4. The van der Waals surface area contributed by atoms with E-state index in [0.29, 0.717) is 11.5 Å². The number of hydrogen-bond donors (Lipinski definition) is 1. The van der Waals surface area contributed by atoms with Crippen LogP contribution in [0.3, 0.4) is 0 Å². The molecule has 2 rings (SSSR count). The Hall–Kier alpha value is 0.270. The van der Waals surface area contributed by atoms with Crippen LogP contribution in [0.1, 0.15) is 46.5 Å². The van der Waals surface area contributed by atoms with Crippen molar-refractivity contribution in [3.05, 3.63) is 0 Å². The van der Waals surface area contributed by atoms with Gasteiger partial charge in [-0.15, -0.1) is 0 Å². The highest BCUT2D eigenvalue weighted by atomic mass is 32.2. The Morgan fingerprint density at radius 3 is 2.84 bits per heavy atom. The summed E-state index contributed by atoms with van der Waals surface area (Å²) in [7, 11) is 0. The molecule has 2 nitrogen and oxygen atoms in total. The quantitative estimate of drug-likeness (QED) is 0.853. The zero-order valence-corrected chi connectivity index (χ0v) is 13.9. The van der Waals surface area contributed by atoms with Crippen LogP contribution in [0.15, 0.2) is 0 Å². The van der Waals surface area contributed by atoms with Crippen molar-refractivity contribution in [1.29, 1.82) is 0 Å². The predicted octanol–water partition coefficient (Wildman–Crippen LogP) is 3.23. The van der Waals surface area contributed by atoms with E-state index >= 15 is 0 Å². The van der Waals surface area contributed by atoms with Gasteiger partial charge in [0, 0.05) is 24.9 Å². The number of hydrogen-bond acceptors (Lipinski definition) is 3. The molecular weight excluding hydrogens is 252 g/mol. The summed E-state index contributed by atoms with van der Waals surface area (Å²) in [6.45, 7) is 12.2. The lowest BCUT2D eigenvalue weighted by molar-refractivity contribution is 0.0818. The van der Waals surface area contributed by atoms with Crippen LogP contribution in [0.25, 0.3) is 0 Å². The van der Waals surface area contributed by atoms with Crippen molar-refractivity contribution in [3.63, 3.8) is 0 Å². The van der Waals surface area contributed by atoms with Gasteiger partial charge in [0.25, 0.3) is 0 Å². The van der Waals surface area contributed by atoms with E-state index in [1.165, 1.54) is 56.8 Å². The molecule has 0 radical (unpaired) electrons. The van der Waals surface area contributed by atoms with Gasteiger partial charge in [-0.2, -0.15) is 11.8 Å². The molecule has 3 heteroatoms. The second-order valence-corrected chi connectivity index (χ2v) is 8.17. The summed E-state index contributed by atoms with van der Waals surface area (Å²) in [6.07, 6.45) is 5.61. The SMILES string of the molecule is CCNC1C(CN2CCCSCC2)CCCC1(C)C. The Bertz CT molecular complexity index is 259. The number of thioether (sulfide) groups is 1. The predicted molar refractivity (Wildman–Crippen MR) is 87.0 cm³/mol. The third-order valence-electron chi connectivity index (χ3n) is 4.94. The van der Waals surface area contributed by atoms with Gasteiger partial charge in [-0.3, -0.25) is 0 Å². The molecule has 0 amide bonds. The highest BCUT2D eigenvalue weighted by Crippen LogP contribution is 2.39. The molecule has 1 aliphatic heterocycles. The fourth-order valence-corrected chi connectivity index (χ4v) is 4.88. The summed E-state index contributed by atoms with van der Waals surface area (Å²) in [4.78, 5) is 2.73. The molecule has 2 atom stereocenters. The minimum atomic E-state index is 0.472. The molecular formula is C16H32N2S. The molecule has 2 fully saturated rings. The van der Waals surface area contributed by atoms with Crippen LogP contribution >= 0.6 is 11.8 Å². The van der Waals surface area contributed by atoms with Gasteiger partial charge in [0.2, 0.25) is 0 Å². The molecule has 1 saturated carbocycles. The highest BCUT2D eigenvalue weighted by molar-refractivity contribution is 7.99. The largest absolute Gasteiger partial charge is 0.313 e. The Balaban J connectivity index is 1.95. The van der Waals surface area contributed by atoms with E-state index in [9.17, 15) is 0 Å². The summed E-state index contributed by atoms with van der Waals surface area (Å²) < 4.78 is 0. The van der Waals surface area contributed by atoms with E-state index in [-0.39, 0.29) is 0 Å². The summed E-state index contributed by atoms with van der Waals surface area (Å²) in [6, 6.07) is 0.710. The summed E-state index contributed by atoms with van der Waals surface area (Å²) in [5, 5.41) is 3.80. The summed E-state index contributed by atoms with van der Waals surface area (Å²) in [5.74, 6) is 3.55. The minimum absolute atomic E-state index is 0.472. The Morgan fingerprint density at radius 1 is 1.21 bits per heavy atom. The third kappa shape index (κ3) is 4.37. The normalized spacial score (nSPS) is 33.0. The topological polar surface area (TPSA) is 15.3 Å². The van der Waals surface area contributed by atoms with Crippen molar-refractivity contribution < 1.29 is 0 Å². The van der Waals surface area contributed by atoms with E-state index in [2.05, 4.69) is 42.7 Å². The second-order valence-electron chi connectivity index (χ2n) is 6.94. The van der Waals surface area contributed by atoms with E-state index in [0.717, 1.165) is 12.5 Å². The van der Waals surface area contributed by atoms with Crippen LogP contribution in [0.4, 0.5) is 0 Å². The molecule has 0 spiro atoms. The Labute approximate surface area is 124 Å². The Morgan fingerprint density at radius 2 is 2.05 bits per heavy atom. The fraction of sp³-hybridized carbons (Fsp3) is 1.00. The van der Waals surface area contributed by atoms with Crippen molar-refractivity contribution in [3.8, 4) is 0 Å². The highest BCUT2D eigenvalue weighted by Gasteiger charge is 2.38. The van der Waals surface area contributed by atoms with Crippen LogP contribution in [0.5, 0.6) is 0 Å². The second kappa shape index (κ2) is 7.33. The molecule has 1 saturated heterocycles. The average Bonchev–Trinajstić information content (AvgIpc) is 2.62. The maximum atomic E-state index is 3.80. The van der Waals surface area contributed by atoms with E-state index in [1.54, 1.807) is 0 Å². The van der Waals surface area contributed by atoms with Gasteiger partial charge in [0.05, 0.1) is 0 Å². The maximum absolute atomic E-state index is 3.80. The van der Waals surface area contributed by atoms with Gasteiger partial charge in [-0.25, -0.2) is 0 Å². The average molecular weight is 285 g/mol. The molecule has 2 unspecified atom stereocenters. The van der Waals surface area contributed by atoms with Gasteiger partial charge < -0.3 is 10.2 Å². The zero-order chi connectivity index (χ0) is 13.7. The molecule has 2 aliphatic rings. The molecule has 1 N–H and O–H groups in total. The van der Waals surface area contributed by atoms with Gasteiger partial charge in [0.15, 0.2) is 0 Å². The van der Waals surface area contributed by atoms with Crippen LogP contribution in [-0.2, 0) is 0 Å². The van der Waals surface area contributed by atoms with E-state index < -0.39 is 0 Å². The fourth-order valence-electron chi connectivity index (χ4n) is 3.95. The molecule has 0 aromatic heterocycles. The van der Waals surface area contributed by atoms with Crippen LogP contribution < -0.4 is 5.32 Å². The van der Waals surface area contributed by atoms with E-state index in [1.807, 2.05) is 0 Å². The molecule has 19 heavy (non-hydrogen) atoms. The lowest BCUT2D eigenvalue weighted by Crippen LogP contribution is -2.53. The molecule has 0 aromatic rings. The monoisotopic (exact) mass is 284 g/mol. The zero-order valence-electron chi connectivity index (χ0n) is 13.1. The first kappa shape index (κ1) is 15.7. The number of nitrogens with zero attached hydrogens (tertiary/aromatic N) is 1. The first-order chi connectivity index (χ1) is 9.13. The van der Waals surface area contributed by atoms with Crippen molar-refractivity contribution in [2.75, 3.05) is 37.7 Å². The molecule has 0 bridgehead atoms. The van der Waals surface area contributed by atoms with Crippen LogP contribution in [0, 0.1) is 11.3 Å². The van der Waals surface area contributed by atoms with Gasteiger partial charge in [0.1, 0.15) is 0 Å². The summed E-state index contributed by atoms with van der Waals surface area (Å²) >= 11 is 2.14. The van der Waals surface area contributed by atoms with Crippen molar-refractivity contribution in [2.45, 2.75) is 52.5 Å². The first-order valence-electron chi connectivity index (χ1n) is 8.17. The van der Waals surface area contributed by atoms with Crippen molar-refractivity contribution in [2.24, 2.45) is 11.3 Å². The van der Waals surface area contributed by atoms with Crippen LogP contribution in [0.2, 0.25) is 0 Å². The smallest absolute Gasteiger partial charge is 0.0159 e. The molecule has 1 heterocycles. The lowest BCUT2D eigenvalue weighted by atomic mass is 9.67. The van der Waals surface area contributed by atoms with Crippen molar-refractivity contribution >= 4 is 11.8 Å². The van der Waals surface area contributed by atoms with Crippen LogP contribution in [-0.4, -0.2) is 48.6 Å². The lowest BCUT2D eigenvalue weighted by Gasteiger charge is -2.46. The maximum Gasteiger partial charge on any atom is 0.0159 e. The van der Waals surface area contributed by atoms with Gasteiger partial charge in [-0.1, -0.05) is 27.2 Å². The standard InChI is InChI=1S/C16H32N2S/c1-4-17-15-14(7-5-8-16(15,2)3)13-18-9-6-11-19-12-10-18/h14-15,17H,4-13H2,1-3H3. The first-order valence-corrected chi connectivity index (χ1v) is 9.32. The minimum Gasteiger partial charge on any atom is -0.313 e. The molecule has 112 valence electrons. The summed E-state index contributed by atoms with van der Waals surface area (Å²) in [5.41, 5.74) is 0.472. The number of nitrogens with one attached hydrogen (secondary N) is 1.